The summed E-state index contributed by atoms with van der Waals surface area (Å²) in [6.45, 7) is 4.00. The van der Waals surface area contributed by atoms with E-state index in [2.05, 4.69) is 0 Å². The molecule has 0 amide bonds. The first kappa shape index (κ1) is 15.6. The largest absolute Gasteiger partial charge is 0.508 e. The fourth-order valence-corrected chi connectivity index (χ4v) is 0.949. The van der Waals surface area contributed by atoms with Gasteiger partial charge in [0.05, 0.1) is 0 Å². The molecule has 0 unspecified atom stereocenters. The van der Waals surface area contributed by atoms with Crippen LogP contribution in [0.1, 0.15) is 13.8 Å². The van der Waals surface area contributed by atoms with E-state index in [0.29, 0.717) is 11.4 Å². The summed E-state index contributed by atoms with van der Waals surface area (Å²) in [7, 11) is 0. The van der Waals surface area contributed by atoms with Crippen molar-refractivity contribution in [3.63, 3.8) is 0 Å². The topological polar surface area (TPSA) is 92.5 Å². The Hall–Kier alpha value is -2.36. The molecule has 0 atom stereocenters. The lowest BCUT2D eigenvalue weighted by Crippen LogP contribution is -1.80. The molecule has 0 aliphatic carbocycles. The van der Waals surface area contributed by atoms with Gasteiger partial charge in [0.25, 0.3) is 0 Å². The highest BCUT2D eigenvalue weighted by Gasteiger charge is 1.83. The minimum absolute atomic E-state index is 0.249. The van der Waals surface area contributed by atoms with Crippen LogP contribution in [0.3, 0.4) is 0 Å². The number of nitrogens with two attached hydrogens (primary N) is 2. The maximum Gasteiger partial charge on any atom is 0.115 e. The Balaban J connectivity index is 0.000000283. The Morgan fingerprint density at radius 2 is 0.833 bits per heavy atom. The molecular weight excluding hydrogens is 228 g/mol. The fraction of sp³-hybridized carbons (Fsp3) is 0.143. The second-order valence-corrected chi connectivity index (χ2v) is 3.18. The van der Waals surface area contributed by atoms with Crippen molar-refractivity contribution in [1.82, 2.24) is 0 Å². The molecule has 2 aromatic rings. The molecule has 0 spiro atoms. The summed E-state index contributed by atoms with van der Waals surface area (Å²) in [5.74, 6) is 0.499. The third kappa shape index (κ3) is 7.00. The van der Waals surface area contributed by atoms with E-state index in [9.17, 15) is 0 Å². The van der Waals surface area contributed by atoms with Crippen molar-refractivity contribution in [2.75, 3.05) is 11.5 Å². The number of phenolic OH excluding ortho intramolecular Hbond substituents is 2. The third-order valence-corrected chi connectivity index (χ3v) is 1.79. The zero-order chi connectivity index (χ0) is 14.0. The number of nitrogen functional groups attached to an aromatic ring is 2. The van der Waals surface area contributed by atoms with Crippen molar-refractivity contribution in [3.8, 4) is 11.5 Å². The average molecular weight is 248 g/mol. The molecule has 4 nitrogen and oxygen atoms in total. The number of hydrogen-bond acceptors (Lipinski definition) is 4. The average Bonchev–Trinajstić information content (AvgIpc) is 2.40. The van der Waals surface area contributed by atoms with Gasteiger partial charge in [-0.1, -0.05) is 13.8 Å². The van der Waals surface area contributed by atoms with E-state index in [0.717, 1.165) is 0 Å². The van der Waals surface area contributed by atoms with Gasteiger partial charge in [0.15, 0.2) is 0 Å². The second-order valence-electron chi connectivity index (χ2n) is 3.18. The van der Waals surface area contributed by atoms with Crippen molar-refractivity contribution < 1.29 is 10.2 Å². The SMILES string of the molecule is CC.Nc1ccc(O)cc1.Nc1ccc(O)cc1. The van der Waals surface area contributed by atoms with Crippen LogP contribution in [0, 0.1) is 0 Å². The summed E-state index contributed by atoms with van der Waals surface area (Å²) in [5, 5.41) is 17.4. The van der Waals surface area contributed by atoms with E-state index in [4.69, 9.17) is 21.7 Å². The van der Waals surface area contributed by atoms with Crippen molar-refractivity contribution in [2.45, 2.75) is 13.8 Å². The van der Waals surface area contributed by atoms with Gasteiger partial charge in [-0.3, -0.25) is 0 Å². The van der Waals surface area contributed by atoms with Crippen LogP contribution < -0.4 is 11.5 Å². The van der Waals surface area contributed by atoms with Gasteiger partial charge in [0.1, 0.15) is 11.5 Å². The summed E-state index contributed by atoms with van der Waals surface area (Å²) < 4.78 is 0. The molecule has 0 saturated heterocycles. The fourth-order valence-electron chi connectivity index (χ4n) is 0.949. The van der Waals surface area contributed by atoms with E-state index in [1.54, 1.807) is 48.5 Å². The molecule has 0 aromatic heterocycles. The van der Waals surface area contributed by atoms with Gasteiger partial charge >= 0.3 is 0 Å². The molecule has 0 fully saturated rings. The minimum atomic E-state index is 0.249. The predicted molar refractivity (Wildman–Crippen MR) is 76.4 cm³/mol. The summed E-state index contributed by atoms with van der Waals surface area (Å²) in [5.41, 5.74) is 12.0. The van der Waals surface area contributed by atoms with E-state index in [-0.39, 0.29) is 11.5 Å². The Morgan fingerprint density at radius 1 is 0.611 bits per heavy atom. The molecular formula is C14H20N2O2. The van der Waals surface area contributed by atoms with E-state index in [1.807, 2.05) is 13.8 Å². The summed E-state index contributed by atoms with van der Waals surface area (Å²) in [6.07, 6.45) is 0. The molecule has 6 N–H and O–H groups in total. The van der Waals surface area contributed by atoms with Crippen molar-refractivity contribution >= 4 is 11.4 Å². The van der Waals surface area contributed by atoms with Gasteiger partial charge in [0.2, 0.25) is 0 Å². The summed E-state index contributed by atoms with van der Waals surface area (Å²) >= 11 is 0. The Morgan fingerprint density at radius 3 is 1.00 bits per heavy atom. The van der Waals surface area contributed by atoms with Crippen LogP contribution in [0.2, 0.25) is 0 Å². The summed E-state index contributed by atoms with van der Waals surface area (Å²) in [6, 6.07) is 12.8. The highest BCUT2D eigenvalue weighted by Crippen LogP contribution is 2.10. The van der Waals surface area contributed by atoms with Crippen LogP contribution in [0.15, 0.2) is 48.5 Å². The van der Waals surface area contributed by atoms with E-state index < -0.39 is 0 Å². The molecule has 0 radical (unpaired) electrons. The predicted octanol–water partition coefficient (Wildman–Crippen LogP) is 2.98. The highest BCUT2D eigenvalue weighted by molar-refractivity contribution is 5.41. The Bertz CT molecular complexity index is 339. The first-order valence-electron chi connectivity index (χ1n) is 5.67. The van der Waals surface area contributed by atoms with Crippen molar-refractivity contribution in [2.24, 2.45) is 0 Å². The number of phenols is 2. The van der Waals surface area contributed by atoms with Crippen molar-refractivity contribution in [3.05, 3.63) is 48.5 Å². The van der Waals surface area contributed by atoms with E-state index >= 15 is 0 Å². The van der Waals surface area contributed by atoms with Crippen LogP contribution in [-0.2, 0) is 0 Å². The quantitative estimate of drug-likeness (QED) is 0.426. The molecule has 4 heteroatoms. The number of hydrogen-bond donors (Lipinski definition) is 4. The molecule has 18 heavy (non-hydrogen) atoms. The van der Waals surface area contributed by atoms with Gasteiger partial charge in [-0.25, -0.2) is 0 Å². The zero-order valence-electron chi connectivity index (χ0n) is 10.7. The molecule has 0 saturated carbocycles. The first-order chi connectivity index (χ1) is 8.58. The highest BCUT2D eigenvalue weighted by atomic mass is 16.3. The Labute approximate surface area is 107 Å². The van der Waals surface area contributed by atoms with E-state index in [1.165, 1.54) is 0 Å². The molecule has 0 bridgehead atoms. The zero-order valence-corrected chi connectivity index (χ0v) is 10.7. The number of benzene rings is 2. The first-order valence-corrected chi connectivity index (χ1v) is 5.67. The smallest absolute Gasteiger partial charge is 0.115 e. The van der Waals surface area contributed by atoms with Gasteiger partial charge in [-0.2, -0.15) is 0 Å². The molecule has 0 aliphatic heterocycles. The van der Waals surface area contributed by atoms with Gasteiger partial charge in [-0.15, -0.1) is 0 Å². The normalized spacial score (nSPS) is 8.33. The standard InChI is InChI=1S/2C6H7NO.C2H6/c2*7-5-1-3-6(8)4-2-5;1-2/h2*1-4,8H,7H2;1-2H3. The minimum Gasteiger partial charge on any atom is -0.508 e. The number of rotatable bonds is 0. The van der Waals surface area contributed by atoms with Crippen LogP contribution in [-0.4, -0.2) is 10.2 Å². The maximum absolute atomic E-state index is 8.70. The number of anilines is 2. The Kier molecular flexibility index (Phi) is 7.61. The molecule has 0 aliphatic rings. The van der Waals surface area contributed by atoms with Crippen LogP contribution in [0.25, 0.3) is 0 Å². The molecule has 98 valence electrons. The van der Waals surface area contributed by atoms with Crippen molar-refractivity contribution in [1.29, 1.82) is 0 Å². The summed E-state index contributed by atoms with van der Waals surface area (Å²) in [4.78, 5) is 0. The monoisotopic (exact) mass is 248 g/mol. The van der Waals surface area contributed by atoms with Crippen LogP contribution in [0.5, 0.6) is 11.5 Å². The maximum atomic E-state index is 8.70. The third-order valence-electron chi connectivity index (χ3n) is 1.79. The van der Waals surface area contributed by atoms with Crippen LogP contribution in [0.4, 0.5) is 11.4 Å². The van der Waals surface area contributed by atoms with Crippen LogP contribution >= 0.6 is 0 Å². The molecule has 2 aromatic carbocycles. The number of aromatic hydroxyl groups is 2. The van der Waals surface area contributed by atoms with Gasteiger partial charge < -0.3 is 21.7 Å². The van der Waals surface area contributed by atoms with Gasteiger partial charge in [0, 0.05) is 11.4 Å². The lowest BCUT2D eigenvalue weighted by molar-refractivity contribution is 0.475. The van der Waals surface area contributed by atoms with Gasteiger partial charge in [-0.05, 0) is 48.5 Å². The lowest BCUT2D eigenvalue weighted by Gasteiger charge is -1.89. The molecule has 2 rings (SSSR count). The second kappa shape index (κ2) is 8.75. The lowest BCUT2D eigenvalue weighted by atomic mass is 10.3. The molecule has 0 heterocycles.